The number of rotatable bonds is 8. The number of nitrogens with zero attached hydrogens (tertiary/aromatic N) is 3. The number of non-ortho nitro benzene ring substituents is 1. The number of carbonyl (C=O) groups excluding carboxylic acids is 3. The van der Waals surface area contributed by atoms with Gasteiger partial charge in [0.05, 0.1) is 29.6 Å². The van der Waals surface area contributed by atoms with Gasteiger partial charge in [0.15, 0.2) is 0 Å². The van der Waals surface area contributed by atoms with Crippen LogP contribution in [0.2, 0.25) is 0 Å². The third-order valence-electron chi connectivity index (χ3n) is 4.78. The molecule has 0 radical (unpaired) electrons. The van der Waals surface area contributed by atoms with Gasteiger partial charge in [-0.05, 0) is 30.3 Å². The summed E-state index contributed by atoms with van der Waals surface area (Å²) in [6.07, 6.45) is 3.02. The number of hydrogen-bond donors (Lipinski definition) is 0. The van der Waals surface area contributed by atoms with E-state index >= 15 is 0 Å². The molecule has 0 aromatic heterocycles. The first kappa shape index (κ1) is 22.8. The largest absolute Gasteiger partial charge is 0.464 e. The van der Waals surface area contributed by atoms with E-state index in [1.54, 1.807) is 6.07 Å². The number of nitro groups is 1. The van der Waals surface area contributed by atoms with Crippen LogP contribution in [0.25, 0.3) is 6.08 Å². The van der Waals surface area contributed by atoms with E-state index < -0.39 is 28.6 Å². The fraction of sp³-hybridized carbons (Fsp3) is 0.450. The van der Waals surface area contributed by atoms with E-state index in [4.69, 9.17) is 9.47 Å². The van der Waals surface area contributed by atoms with Crippen molar-refractivity contribution in [2.24, 2.45) is 0 Å². The number of esters is 1. The van der Waals surface area contributed by atoms with Gasteiger partial charge in [-0.15, -0.1) is 0 Å². The first-order valence-electron chi connectivity index (χ1n) is 9.93. The van der Waals surface area contributed by atoms with Gasteiger partial charge in [0.25, 0.3) is 16.8 Å². The van der Waals surface area contributed by atoms with Gasteiger partial charge in [-0.25, -0.2) is 0 Å². The molecule has 3 rings (SSSR count). The first-order chi connectivity index (χ1) is 14.9. The zero-order valence-corrected chi connectivity index (χ0v) is 17.9. The summed E-state index contributed by atoms with van der Waals surface area (Å²) in [5.74, 6) is -1.27. The lowest BCUT2D eigenvalue weighted by atomic mass is 10.1. The Bertz CT molecular complexity index is 912. The van der Waals surface area contributed by atoms with Crippen LogP contribution < -0.4 is 4.90 Å². The van der Waals surface area contributed by atoms with Crippen molar-refractivity contribution in [3.8, 4) is 0 Å². The molecule has 2 fully saturated rings. The van der Waals surface area contributed by atoms with Crippen LogP contribution in [0.3, 0.4) is 0 Å². The second-order valence-electron chi connectivity index (χ2n) is 6.94. The number of carbonyl (C=O) groups is 3. The molecule has 0 aliphatic carbocycles. The van der Waals surface area contributed by atoms with E-state index in [1.165, 1.54) is 18.2 Å². The predicted octanol–water partition coefficient (Wildman–Crippen LogP) is 2.81. The van der Waals surface area contributed by atoms with Gasteiger partial charge in [0.2, 0.25) is 0 Å². The number of benzene rings is 1. The number of anilines is 1. The summed E-state index contributed by atoms with van der Waals surface area (Å²) in [6.45, 7) is 3.97. The second kappa shape index (κ2) is 10.4. The number of morpholine rings is 1. The molecule has 0 N–H and O–H groups in total. The van der Waals surface area contributed by atoms with Crippen molar-refractivity contribution >= 4 is 46.3 Å². The number of amides is 2. The average Bonchev–Trinajstić information content (AvgIpc) is 3.01. The third kappa shape index (κ3) is 5.61. The number of thioether (sulfide) groups is 1. The second-order valence-corrected chi connectivity index (χ2v) is 7.93. The Kier molecular flexibility index (Phi) is 7.64. The summed E-state index contributed by atoms with van der Waals surface area (Å²) >= 11 is 0.694. The zero-order chi connectivity index (χ0) is 22.4. The van der Waals surface area contributed by atoms with Gasteiger partial charge >= 0.3 is 5.97 Å². The van der Waals surface area contributed by atoms with Crippen molar-refractivity contribution in [3.63, 3.8) is 0 Å². The van der Waals surface area contributed by atoms with Crippen molar-refractivity contribution < 1.29 is 28.8 Å². The normalized spacial score (nSPS) is 18.0. The minimum Gasteiger partial charge on any atom is -0.464 e. The average molecular weight is 449 g/mol. The Balaban J connectivity index is 1.83. The van der Waals surface area contributed by atoms with Crippen LogP contribution in [0.5, 0.6) is 0 Å². The SMILES string of the molecule is CCCCOC(=O)CN1C(=O)S/C(=C\c2cc([N+](=O)[O-])ccc2N2CCOCC2)C1=O. The quantitative estimate of drug-likeness (QED) is 0.194. The standard InChI is InChI=1S/C20H23N3O7S/c1-2-3-8-30-18(24)13-22-19(25)17(31-20(22)26)12-14-11-15(23(27)28)4-5-16(14)21-6-9-29-10-7-21/h4-5,11-12H,2-3,6-10,13H2,1H3/b17-12-. The highest BCUT2D eigenvalue weighted by molar-refractivity contribution is 8.18. The van der Waals surface area contributed by atoms with Gasteiger partial charge in [-0.3, -0.25) is 29.4 Å². The molecular weight excluding hydrogens is 426 g/mol. The molecule has 2 aliphatic heterocycles. The summed E-state index contributed by atoms with van der Waals surface area (Å²) in [5, 5.41) is 10.7. The summed E-state index contributed by atoms with van der Waals surface area (Å²) in [7, 11) is 0. The fourth-order valence-electron chi connectivity index (χ4n) is 3.15. The molecule has 0 saturated carbocycles. The molecule has 0 unspecified atom stereocenters. The molecule has 11 heteroatoms. The minimum absolute atomic E-state index is 0.0985. The lowest BCUT2D eigenvalue weighted by Gasteiger charge is -2.30. The monoisotopic (exact) mass is 449 g/mol. The Labute approximate surface area is 183 Å². The van der Waals surface area contributed by atoms with Gasteiger partial charge in [0.1, 0.15) is 6.54 Å². The number of imide groups is 1. The minimum atomic E-state index is -0.652. The summed E-state index contributed by atoms with van der Waals surface area (Å²) in [4.78, 5) is 50.6. The maximum Gasteiger partial charge on any atom is 0.326 e. The lowest BCUT2D eigenvalue weighted by Crippen LogP contribution is -2.36. The smallest absolute Gasteiger partial charge is 0.326 e. The fourth-order valence-corrected chi connectivity index (χ4v) is 3.98. The van der Waals surface area contributed by atoms with Crippen LogP contribution in [-0.2, 0) is 19.1 Å². The van der Waals surface area contributed by atoms with E-state index in [2.05, 4.69) is 0 Å². The third-order valence-corrected chi connectivity index (χ3v) is 5.69. The van der Waals surface area contributed by atoms with Crippen LogP contribution >= 0.6 is 11.8 Å². The van der Waals surface area contributed by atoms with Crippen LogP contribution in [0, 0.1) is 10.1 Å². The molecule has 2 aliphatic rings. The first-order valence-corrected chi connectivity index (χ1v) is 10.7. The van der Waals surface area contributed by atoms with Crippen molar-refractivity contribution in [1.82, 2.24) is 4.90 Å². The summed E-state index contributed by atoms with van der Waals surface area (Å²) in [6, 6.07) is 4.41. The van der Waals surface area contributed by atoms with E-state index in [1.807, 2.05) is 11.8 Å². The van der Waals surface area contributed by atoms with Crippen molar-refractivity contribution in [2.75, 3.05) is 44.4 Å². The van der Waals surface area contributed by atoms with E-state index in [0.717, 1.165) is 11.3 Å². The Morgan fingerprint density at radius 2 is 2.06 bits per heavy atom. The Morgan fingerprint density at radius 1 is 1.32 bits per heavy atom. The Morgan fingerprint density at radius 3 is 2.74 bits per heavy atom. The highest BCUT2D eigenvalue weighted by atomic mass is 32.2. The van der Waals surface area contributed by atoms with Crippen molar-refractivity contribution in [1.29, 1.82) is 0 Å². The van der Waals surface area contributed by atoms with Crippen LogP contribution in [0.15, 0.2) is 23.1 Å². The van der Waals surface area contributed by atoms with E-state index in [-0.39, 0.29) is 17.2 Å². The number of hydrogen-bond acceptors (Lipinski definition) is 9. The number of ether oxygens (including phenoxy) is 2. The molecule has 166 valence electrons. The Hall–Kier alpha value is -2.92. The van der Waals surface area contributed by atoms with Crippen molar-refractivity contribution in [2.45, 2.75) is 19.8 Å². The summed E-state index contributed by atoms with van der Waals surface area (Å²) in [5.41, 5.74) is 1.04. The molecule has 2 saturated heterocycles. The van der Waals surface area contributed by atoms with Crippen molar-refractivity contribution in [3.05, 3.63) is 38.8 Å². The highest BCUT2D eigenvalue weighted by Gasteiger charge is 2.37. The maximum atomic E-state index is 12.7. The van der Waals surface area contributed by atoms with Crippen LogP contribution in [-0.4, -0.2) is 66.4 Å². The van der Waals surface area contributed by atoms with E-state index in [0.29, 0.717) is 55.7 Å². The molecule has 0 atom stereocenters. The molecule has 0 spiro atoms. The van der Waals surface area contributed by atoms with Gasteiger partial charge in [-0.2, -0.15) is 0 Å². The predicted molar refractivity (Wildman–Crippen MR) is 115 cm³/mol. The number of unbranched alkanes of at least 4 members (excludes halogenated alkanes) is 1. The van der Waals surface area contributed by atoms with Crippen LogP contribution in [0.4, 0.5) is 16.2 Å². The molecule has 2 amide bonds. The molecule has 1 aromatic carbocycles. The molecule has 10 nitrogen and oxygen atoms in total. The van der Waals surface area contributed by atoms with Gasteiger partial charge in [-0.1, -0.05) is 13.3 Å². The molecule has 2 heterocycles. The topological polar surface area (TPSA) is 119 Å². The zero-order valence-electron chi connectivity index (χ0n) is 17.1. The highest BCUT2D eigenvalue weighted by Crippen LogP contribution is 2.35. The van der Waals surface area contributed by atoms with Gasteiger partial charge in [0, 0.05) is 36.5 Å². The molecule has 31 heavy (non-hydrogen) atoms. The number of nitro benzene ring substituents is 1. The summed E-state index contributed by atoms with van der Waals surface area (Å²) < 4.78 is 10.4. The van der Waals surface area contributed by atoms with E-state index in [9.17, 15) is 24.5 Å². The maximum absolute atomic E-state index is 12.7. The molecule has 0 bridgehead atoms. The lowest BCUT2D eigenvalue weighted by molar-refractivity contribution is -0.384. The van der Waals surface area contributed by atoms with Gasteiger partial charge < -0.3 is 14.4 Å². The van der Waals surface area contributed by atoms with Crippen LogP contribution in [0.1, 0.15) is 25.3 Å². The molecular formula is C20H23N3O7S. The molecule has 1 aromatic rings.